The van der Waals surface area contributed by atoms with Crippen LogP contribution in [0.15, 0.2) is 24.3 Å². The fourth-order valence-electron chi connectivity index (χ4n) is 1.60. The van der Waals surface area contributed by atoms with Gasteiger partial charge in [-0.05, 0) is 45.1 Å². The number of nitrogens with zero attached hydrogens (tertiary/aromatic N) is 1. The topological polar surface area (TPSA) is 49.8 Å². The highest BCUT2D eigenvalue weighted by molar-refractivity contribution is 5.73. The summed E-state index contributed by atoms with van der Waals surface area (Å²) in [5.41, 5.74) is 0.995. The Morgan fingerprint density at radius 1 is 1.35 bits per heavy atom. The molecule has 17 heavy (non-hydrogen) atoms. The zero-order valence-electron chi connectivity index (χ0n) is 10.5. The Morgan fingerprint density at radius 2 is 1.94 bits per heavy atom. The number of likely N-dealkylation sites (N-methyl/N-ethyl adjacent to an activating group) is 1. The lowest BCUT2D eigenvalue weighted by atomic mass is 10.1. The van der Waals surface area contributed by atoms with Gasteiger partial charge in [-0.2, -0.15) is 0 Å². The molecule has 4 heteroatoms. The fraction of sp³-hybridized carbons (Fsp3) is 0.462. The van der Waals surface area contributed by atoms with Gasteiger partial charge in [0, 0.05) is 0 Å². The maximum absolute atomic E-state index is 11.0. The van der Waals surface area contributed by atoms with Crippen LogP contribution in [0, 0.1) is 0 Å². The van der Waals surface area contributed by atoms with E-state index in [1.54, 1.807) is 19.0 Å². The zero-order chi connectivity index (χ0) is 12.8. The second kappa shape index (κ2) is 6.25. The molecular weight excluding hydrogens is 218 g/mol. The highest BCUT2D eigenvalue weighted by atomic mass is 16.5. The first kappa shape index (κ1) is 13.5. The summed E-state index contributed by atoms with van der Waals surface area (Å²) in [5.74, 6) is 0.0110. The summed E-state index contributed by atoms with van der Waals surface area (Å²) in [6, 6.07) is 7.06. The molecule has 1 aromatic carbocycles. The van der Waals surface area contributed by atoms with E-state index < -0.39 is 12.0 Å². The molecule has 1 N–H and O–H groups in total. The van der Waals surface area contributed by atoms with Crippen molar-refractivity contribution in [2.24, 2.45) is 0 Å². The van der Waals surface area contributed by atoms with Crippen LogP contribution in [-0.2, 0) is 11.2 Å². The molecule has 0 heterocycles. The third-order valence-electron chi connectivity index (χ3n) is 2.57. The van der Waals surface area contributed by atoms with Crippen LogP contribution in [0.25, 0.3) is 0 Å². The van der Waals surface area contributed by atoms with Gasteiger partial charge in [-0.3, -0.25) is 9.69 Å². The Hall–Kier alpha value is -1.55. The van der Waals surface area contributed by atoms with E-state index >= 15 is 0 Å². The van der Waals surface area contributed by atoms with Crippen molar-refractivity contribution < 1.29 is 14.6 Å². The normalized spacial score (nSPS) is 12.5. The van der Waals surface area contributed by atoms with Gasteiger partial charge in [0.05, 0.1) is 6.61 Å². The molecule has 0 aromatic heterocycles. The summed E-state index contributed by atoms with van der Waals surface area (Å²) < 4.78 is 5.33. The Balaban J connectivity index is 2.70. The van der Waals surface area contributed by atoms with Crippen molar-refractivity contribution in [2.75, 3.05) is 20.7 Å². The van der Waals surface area contributed by atoms with Crippen molar-refractivity contribution in [3.8, 4) is 5.75 Å². The third kappa shape index (κ3) is 4.07. The molecule has 0 saturated carbocycles. The molecule has 0 aliphatic heterocycles. The molecule has 0 aliphatic carbocycles. The number of benzene rings is 1. The van der Waals surface area contributed by atoms with Crippen molar-refractivity contribution in [3.63, 3.8) is 0 Å². The van der Waals surface area contributed by atoms with Gasteiger partial charge in [0.1, 0.15) is 11.8 Å². The zero-order valence-corrected chi connectivity index (χ0v) is 10.5. The van der Waals surface area contributed by atoms with Gasteiger partial charge in [0.25, 0.3) is 0 Å². The van der Waals surface area contributed by atoms with Gasteiger partial charge in [0.2, 0.25) is 0 Å². The van der Waals surface area contributed by atoms with Gasteiger partial charge in [-0.15, -0.1) is 0 Å². The van der Waals surface area contributed by atoms with E-state index in [2.05, 4.69) is 0 Å². The average Bonchev–Trinajstić information content (AvgIpc) is 2.27. The smallest absolute Gasteiger partial charge is 0.321 e. The van der Waals surface area contributed by atoms with E-state index in [0.29, 0.717) is 13.0 Å². The largest absolute Gasteiger partial charge is 0.494 e. The minimum absolute atomic E-state index is 0.493. The van der Waals surface area contributed by atoms with Gasteiger partial charge in [-0.1, -0.05) is 12.1 Å². The highest BCUT2D eigenvalue weighted by Crippen LogP contribution is 2.14. The van der Waals surface area contributed by atoms with E-state index in [-0.39, 0.29) is 0 Å². The Labute approximate surface area is 102 Å². The molecule has 0 bridgehead atoms. The SMILES string of the molecule is CCOc1ccc(C[C@@H](C(=O)O)N(C)C)cc1. The molecule has 1 aromatic rings. The summed E-state index contributed by atoms with van der Waals surface area (Å²) in [5, 5.41) is 9.08. The van der Waals surface area contributed by atoms with Crippen LogP contribution in [-0.4, -0.2) is 42.7 Å². The maximum Gasteiger partial charge on any atom is 0.321 e. The minimum Gasteiger partial charge on any atom is -0.494 e. The minimum atomic E-state index is -0.802. The van der Waals surface area contributed by atoms with Crippen molar-refractivity contribution in [1.82, 2.24) is 4.90 Å². The maximum atomic E-state index is 11.0. The van der Waals surface area contributed by atoms with Crippen LogP contribution >= 0.6 is 0 Å². The second-order valence-electron chi connectivity index (χ2n) is 4.10. The number of carboxylic acids is 1. The van der Waals surface area contributed by atoms with Gasteiger partial charge in [-0.25, -0.2) is 0 Å². The fourth-order valence-corrected chi connectivity index (χ4v) is 1.60. The number of carbonyl (C=O) groups is 1. The molecule has 0 radical (unpaired) electrons. The Kier molecular flexibility index (Phi) is 4.97. The number of ether oxygens (including phenoxy) is 1. The van der Waals surface area contributed by atoms with E-state index in [1.807, 2.05) is 31.2 Å². The van der Waals surface area contributed by atoms with Crippen molar-refractivity contribution in [3.05, 3.63) is 29.8 Å². The van der Waals surface area contributed by atoms with Crippen LogP contribution in [0.3, 0.4) is 0 Å². The van der Waals surface area contributed by atoms with Crippen LogP contribution in [0.1, 0.15) is 12.5 Å². The first-order valence-electron chi connectivity index (χ1n) is 5.65. The van der Waals surface area contributed by atoms with E-state index in [1.165, 1.54) is 0 Å². The molecular formula is C13H19NO3. The molecule has 0 fully saturated rings. The summed E-state index contributed by atoms with van der Waals surface area (Å²) in [7, 11) is 3.54. The molecule has 0 aliphatic rings. The lowest BCUT2D eigenvalue weighted by Crippen LogP contribution is -2.37. The van der Waals surface area contributed by atoms with Crippen LogP contribution in [0.5, 0.6) is 5.75 Å². The number of aliphatic carboxylic acids is 1. The quantitative estimate of drug-likeness (QED) is 0.817. The number of carboxylic acid groups (broad SMARTS) is 1. The summed E-state index contributed by atoms with van der Waals surface area (Å²) in [4.78, 5) is 12.8. The predicted octanol–water partition coefficient (Wildman–Crippen LogP) is 1.64. The summed E-state index contributed by atoms with van der Waals surface area (Å²) in [6.45, 7) is 2.56. The molecule has 0 saturated heterocycles. The van der Waals surface area contributed by atoms with Gasteiger partial charge in [0.15, 0.2) is 0 Å². The van der Waals surface area contributed by atoms with Crippen molar-refractivity contribution >= 4 is 5.97 Å². The molecule has 0 amide bonds. The summed E-state index contributed by atoms with van der Waals surface area (Å²) in [6.07, 6.45) is 0.495. The van der Waals surface area contributed by atoms with Crippen molar-refractivity contribution in [1.29, 1.82) is 0 Å². The lowest BCUT2D eigenvalue weighted by Gasteiger charge is -2.19. The molecule has 1 rings (SSSR count). The van der Waals surface area contributed by atoms with E-state index in [4.69, 9.17) is 9.84 Å². The monoisotopic (exact) mass is 237 g/mol. The Bertz CT molecular complexity index is 359. The van der Waals surface area contributed by atoms with Crippen LogP contribution in [0.4, 0.5) is 0 Å². The number of hydrogen-bond donors (Lipinski definition) is 1. The summed E-state index contributed by atoms with van der Waals surface area (Å²) >= 11 is 0. The first-order valence-corrected chi connectivity index (χ1v) is 5.65. The highest BCUT2D eigenvalue weighted by Gasteiger charge is 2.19. The molecule has 0 unspecified atom stereocenters. The van der Waals surface area contributed by atoms with E-state index in [0.717, 1.165) is 11.3 Å². The third-order valence-corrected chi connectivity index (χ3v) is 2.57. The number of hydrogen-bond acceptors (Lipinski definition) is 3. The lowest BCUT2D eigenvalue weighted by molar-refractivity contribution is -0.142. The molecule has 0 spiro atoms. The van der Waals surface area contributed by atoms with Gasteiger partial charge < -0.3 is 9.84 Å². The Morgan fingerprint density at radius 3 is 2.35 bits per heavy atom. The van der Waals surface area contributed by atoms with Gasteiger partial charge >= 0.3 is 5.97 Å². The molecule has 94 valence electrons. The molecule has 1 atom stereocenters. The second-order valence-corrected chi connectivity index (χ2v) is 4.10. The standard InChI is InChI=1S/C13H19NO3/c1-4-17-11-7-5-10(6-8-11)9-12(13(15)16)14(2)3/h5-8,12H,4,9H2,1-3H3,(H,15,16)/t12-/m0/s1. The van der Waals surface area contributed by atoms with Crippen molar-refractivity contribution in [2.45, 2.75) is 19.4 Å². The van der Waals surface area contributed by atoms with E-state index in [9.17, 15) is 4.79 Å². The average molecular weight is 237 g/mol. The first-order chi connectivity index (χ1) is 8.04. The number of rotatable bonds is 6. The van der Waals surface area contributed by atoms with Crippen LogP contribution < -0.4 is 4.74 Å². The predicted molar refractivity (Wildman–Crippen MR) is 66.4 cm³/mol. The molecule has 4 nitrogen and oxygen atoms in total. The van der Waals surface area contributed by atoms with Crippen LogP contribution in [0.2, 0.25) is 0 Å².